The van der Waals surface area contributed by atoms with E-state index in [9.17, 15) is 4.79 Å². The van der Waals surface area contributed by atoms with Crippen molar-refractivity contribution in [2.45, 2.75) is 39.3 Å². The molecule has 4 aromatic rings. The first-order valence-corrected chi connectivity index (χ1v) is 14.1. The van der Waals surface area contributed by atoms with Crippen LogP contribution in [0.1, 0.15) is 16.2 Å². The Balaban J connectivity index is 1.78. The molecule has 0 atom stereocenters. The van der Waals surface area contributed by atoms with E-state index in [1.807, 2.05) is 54.0 Å². The summed E-state index contributed by atoms with van der Waals surface area (Å²) in [6.07, 6.45) is 6.44. The average molecular weight is 434 g/mol. The van der Waals surface area contributed by atoms with Gasteiger partial charge in [0.25, 0.3) is 0 Å². The number of imidazole rings is 1. The zero-order valence-electron chi connectivity index (χ0n) is 18.4. The lowest BCUT2D eigenvalue weighted by atomic mass is 10.0. The maximum atomic E-state index is 12.2. The van der Waals surface area contributed by atoms with Crippen molar-refractivity contribution in [3.05, 3.63) is 60.3 Å². The maximum absolute atomic E-state index is 12.2. The van der Waals surface area contributed by atoms with Crippen molar-refractivity contribution in [1.29, 1.82) is 0 Å². The molecule has 0 fully saturated rings. The fourth-order valence-corrected chi connectivity index (χ4v) is 4.19. The van der Waals surface area contributed by atoms with Gasteiger partial charge in [-0.25, -0.2) is 9.67 Å². The number of pyridine rings is 2. The molecule has 8 heteroatoms. The molecule has 0 bridgehead atoms. The highest BCUT2D eigenvalue weighted by molar-refractivity contribution is 6.76. The molecule has 0 amide bonds. The van der Waals surface area contributed by atoms with Gasteiger partial charge in [0.2, 0.25) is 0 Å². The molecular formula is C23H27N5O2Si. The number of aldehydes is 1. The van der Waals surface area contributed by atoms with Crippen LogP contribution in [0.5, 0.6) is 0 Å². The van der Waals surface area contributed by atoms with Gasteiger partial charge >= 0.3 is 0 Å². The Bertz CT molecular complexity index is 1220. The Morgan fingerprint density at radius 2 is 2.00 bits per heavy atom. The molecule has 0 saturated carbocycles. The fourth-order valence-electron chi connectivity index (χ4n) is 3.43. The molecule has 0 saturated heterocycles. The summed E-state index contributed by atoms with van der Waals surface area (Å²) < 4.78 is 9.47. The molecule has 4 aromatic heterocycles. The molecule has 4 heterocycles. The smallest absolute Gasteiger partial charge is 0.168 e. The fraction of sp³-hybridized carbons (Fsp3) is 0.304. The van der Waals surface area contributed by atoms with Crippen LogP contribution in [0.3, 0.4) is 0 Å². The number of carbonyl (C=O) groups excluding carboxylic acids is 1. The minimum absolute atomic E-state index is 0.227. The second kappa shape index (κ2) is 8.56. The summed E-state index contributed by atoms with van der Waals surface area (Å²) in [5.41, 5.74) is 5.22. The van der Waals surface area contributed by atoms with E-state index >= 15 is 0 Å². The summed E-state index contributed by atoms with van der Waals surface area (Å²) in [5, 5.41) is 4.75. The summed E-state index contributed by atoms with van der Waals surface area (Å²) in [7, 11) is -1.20. The van der Waals surface area contributed by atoms with Gasteiger partial charge in [-0.05, 0) is 37.2 Å². The third kappa shape index (κ3) is 4.65. The van der Waals surface area contributed by atoms with Gasteiger partial charge in [-0.3, -0.25) is 9.78 Å². The molecule has 0 radical (unpaired) electrons. The van der Waals surface area contributed by atoms with Crippen LogP contribution in [0.4, 0.5) is 0 Å². The van der Waals surface area contributed by atoms with Crippen LogP contribution >= 0.6 is 0 Å². The van der Waals surface area contributed by atoms with Crippen molar-refractivity contribution < 1.29 is 9.53 Å². The van der Waals surface area contributed by atoms with Crippen molar-refractivity contribution in [3.63, 3.8) is 0 Å². The number of fused-ring (bicyclic) bond motifs is 1. The second-order valence-corrected chi connectivity index (χ2v) is 14.5. The molecule has 0 aromatic carbocycles. The Hall–Kier alpha value is -3.10. The lowest BCUT2D eigenvalue weighted by Crippen LogP contribution is -2.22. The van der Waals surface area contributed by atoms with E-state index in [2.05, 4.69) is 29.6 Å². The van der Waals surface area contributed by atoms with E-state index in [1.165, 1.54) is 0 Å². The lowest BCUT2D eigenvalue weighted by Gasteiger charge is -2.15. The van der Waals surface area contributed by atoms with Gasteiger partial charge in [0, 0.05) is 50.1 Å². The van der Waals surface area contributed by atoms with E-state index in [0.29, 0.717) is 18.0 Å². The zero-order chi connectivity index (χ0) is 22.0. The van der Waals surface area contributed by atoms with Crippen LogP contribution in [-0.4, -0.2) is 45.1 Å². The Morgan fingerprint density at radius 1 is 1.16 bits per heavy atom. The highest BCUT2D eigenvalue weighted by atomic mass is 28.3. The van der Waals surface area contributed by atoms with Crippen LogP contribution < -0.4 is 0 Å². The molecule has 0 aliphatic carbocycles. The first-order chi connectivity index (χ1) is 14.9. The minimum Gasteiger partial charge on any atom is -0.360 e. The number of ether oxygens (including phenoxy) is 1. The van der Waals surface area contributed by atoms with E-state index < -0.39 is 8.07 Å². The molecule has 0 aliphatic heterocycles. The van der Waals surface area contributed by atoms with E-state index in [-0.39, 0.29) is 6.73 Å². The van der Waals surface area contributed by atoms with Crippen molar-refractivity contribution in [3.8, 4) is 22.5 Å². The summed E-state index contributed by atoms with van der Waals surface area (Å²) in [6.45, 7) is 9.76. The molecular weight excluding hydrogens is 406 g/mol. The van der Waals surface area contributed by atoms with E-state index in [0.717, 1.165) is 40.5 Å². The molecule has 0 aliphatic rings. The van der Waals surface area contributed by atoms with Gasteiger partial charge in [0.1, 0.15) is 23.8 Å². The summed E-state index contributed by atoms with van der Waals surface area (Å²) in [5.74, 6) is 0. The third-order valence-corrected chi connectivity index (χ3v) is 6.83. The van der Waals surface area contributed by atoms with Gasteiger partial charge in [-0.1, -0.05) is 25.7 Å². The Kier molecular flexibility index (Phi) is 5.84. The second-order valence-electron chi connectivity index (χ2n) is 8.85. The quantitative estimate of drug-likeness (QED) is 0.229. The first-order valence-electron chi connectivity index (χ1n) is 10.4. The van der Waals surface area contributed by atoms with Crippen LogP contribution in [-0.2, 0) is 11.5 Å². The zero-order valence-corrected chi connectivity index (χ0v) is 19.4. The number of aryl methyl sites for hydroxylation is 1. The van der Waals surface area contributed by atoms with Crippen LogP contribution in [0.2, 0.25) is 25.7 Å². The number of rotatable bonds is 8. The van der Waals surface area contributed by atoms with Crippen LogP contribution in [0, 0.1) is 6.92 Å². The lowest BCUT2D eigenvalue weighted by molar-refractivity contribution is 0.0755. The SMILES string of the molecule is Cc1cccc(-c2nn(COCC[Si](C)(C)C)c(C=O)c2-c2ccc3nccn3c2)n1. The van der Waals surface area contributed by atoms with Crippen molar-refractivity contribution in [2.75, 3.05) is 6.61 Å². The van der Waals surface area contributed by atoms with Crippen LogP contribution in [0.15, 0.2) is 48.9 Å². The largest absolute Gasteiger partial charge is 0.360 e. The Morgan fingerprint density at radius 3 is 2.74 bits per heavy atom. The van der Waals surface area contributed by atoms with Crippen molar-refractivity contribution in [1.82, 2.24) is 24.1 Å². The first kappa shape index (κ1) is 21.1. The standard InChI is InChI=1S/C23H27N5O2Si/c1-17-6-5-7-19(25-17)23-22(18-8-9-21-24-10-11-27(21)14-18)20(15-29)28(26-23)16-30-12-13-31(2,3)4/h5-11,14-15H,12-13,16H2,1-4H3. The molecule has 0 unspecified atom stereocenters. The highest BCUT2D eigenvalue weighted by Crippen LogP contribution is 2.33. The number of nitrogens with zero attached hydrogens (tertiary/aromatic N) is 5. The predicted molar refractivity (Wildman–Crippen MR) is 124 cm³/mol. The van der Waals surface area contributed by atoms with Crippen molar-refractivity contribution in [2.24, 2.45) is 0 Å². The number of hydrogen-bond acceptors (Lipinski definition) is 5. The van der Waals surface area contributed by atoms with E-state index in [1.54, 1.807) is 10.9 Å². The molecule has 0 spiro atoms. The molecule has 160 valence electrons. The van der Waals surface area contributed by atoms with Gasteiger partial charge in [0.15, 0.2) is 6.29 Å². The van der Waals surface area contributed by atoms with Crippen molar-refractivity contribution >= 4 is 20.0 Å². The topological polar surface area (TPSA) is 74.3 Å². The number of aromatic nitrogens is 5. The summed E-state index contributed by atoms with van der Waals surface area (Å²) in [4.78, 5) is 21.1. The predicted octanol–water partition coefficient (Wildman–Crippen LogP) is 4.69. The molecule has 4 rings (SSSR count). The third-order valence-electron chi connectivity index (χ3n) is 5.12. The Labute approximate surface area is 182 Å². The minimum atomic E-state index is -1.20. The van der Waals surface area contributed by atoms with Gasteiger partial charge in [-0.15, -0.1) is 0 Å². The van der Waals surface area contributed by atoms with E-state index in [4.69, 9.17) is 9.84 Å². The summed E-state index contributed by atoms with van der Waals surface area (Å²) in [6, 6.07) is 10.8. The average Bonchev–Trinajstić information content (AvgIpc) is 3.34. The van der Waals surface area contributed by atoms with Crippen LogP contribution in [0.25, 0.3) is 28.2 Å². The maximum Gasteiger partial charge on any atom is 0.168 e. The number of hydrogen-bond donors (Lipinski definition) is 0. The summed E-state index contributed by atoms with van der Waals surface area (Å²) >= 11 is 0. The molecule has 7 nitrogen and oxygen atoms in total. The number of carbonyl (C=O) groups is 1. The monoisotopic (exact) mass is 433 g/mol. The highest BCUT2D eigenvalue weighted by Gasteiger charge is 2.22. The normalized spacial score (nSPS) is 11.9. The molecule has 0 N–H and O–H groups in total. The van der Waals surface area contributed by atoms with Gasteiger partial charge in [-0.2, -0.15) is 5.10 Å². The van der Waals surface area contributed by atoms with Gasteiger partial charge in [0.05, 0.1) is 5.69 Å². The molecule has 31 heavy (non-hydrogen) atoms. The van der Waals surface area contributed by atoms with Gasteiger partial charge < -0.3 is 9.14 Å².